The van der Waals surface area contributed by atoms with E-state index in [-0.39, 0.29) is 5.78 Å². The molecule has 0 spiro atoms. The van der Waals surface area contributed by atoms with Crippen LogP contribution in [0.4, 0.5) is 0 Å². The molecule has 0 atom stereocenters. The van der Waals surface area contributed by atoms with Crippen LogP contribution in [0.15, 0.2) is 0 Å². The van der Waals surface area contributed by atoms with Crippen LogP contribution in [0.25, 0.3) is 0 Å². The lowest BCUT2D eigenvalue weighted by molar-refractivity contribution is -0.118. The summed E-state index contributed by atoms with van der Waals surface area (Å²) in [4.78, 5) is 10.3. The third kappa shape index (κ3) is 3.80. The highest BCUT2D eigenvalue weighted by Gasteiger charge is 1.92. The fourth-order valence-corrected chi connectivity index (χ4v) is 0.493. The topological polar surface area (TPSA) is 17.1 Å². The average molecular weight is 121 g/mol. The summed E-state index contributed by atoms with van der Waals surface area (Å²) in [5.41, 5.74) is 0. The van der Waals surface area contributed by atoms with E-state index in [4.69, 9.17) is 11.6 Å². The zero-order chi connectivity index (χ0) is 5.70. The van der Waals surface area contributed by atoms with Crippen molar-refractivity contribution in [3.05, 3.63) is 0 Å². The van der Waals surface area contributed by atoms with Gasteiger partial charge < -0.3 is 0 Å². The predicted octanol–water partition coefficient (Wildman–Crippen LogP) is 1.59. The first-order valence-electron chi connectivity index (χ1n) is 2.39. The SMILES string of the molecule is CCC(=O)CCCl. The van der Waals surface area contributed by atoms with Crippen molar-refractivity contribution in [2.45, 2.75) is 19.8 Å². The Morgan fingerprint density at radius 1 is 1.71 bits per heavy atom. The Labute approximate surface area is 48.7 Å². The van der Waals surface area contributed by atoms with Gasteiger partial charge in [-0.2, -0.15) is 0 Å². The molecule has 42 valence electrons. The predicted molar refractivity (Wildman–Crippen MR) is 30.6 cm³/mol. The summed E-state index contributed by atoms with van der Waals surface area (Å²) in [6.45, 7) is 1.84. The van der Waals surface area contributed by atoms with Crippen molar-refractivity contribution in [3.8, 4) is 0 Å². The second-order valence-corrected chi connectivity index (χ2v) is 1.71. The van der Waals surface area contributed by atoms with Gasteiger partial charge in [-0.25, -0.2) is 0 Å². The molecule has 1 nitrogen and oxygen atoms in total. The quantitative estimate of drug-likeness (QED) is 0.517. The molecule has 0 aliphatic heterocycles. The van der Waals surface area contributed by atoms with E-state index in [1.165, 1.54) is 0 Å². The molecule has 0 aliphatic rings. The van der Waals surface area contributed by atoms with Crippen LogP contribution in [-0.2, 0) is 4.79 Å². The van der Waals surface area contributed by atoms with Gasteiger partial charge >= 0.3 is 0 Å². The molecular formula is C5H9ClO. The summed E-state index contributed by atoms with van der Waals surface area (Å²) in [6, 6.07) is 0. The monoisotopic (exact) mass is 120 g/mol. The van der Waals surface area contributed by atoms with E-state index >= 15 is 0 Å². The van der Waals surface area contributed by atoms with Crippen molar-refractivity contribution in [2.24, 2.45) is 0 Å². The van der Waals surface area contributed by atoms with Crippen molar-refractivity contribution in [3.63, 3.8) is 0 Å². The third-order valence-corrected chi connectivity index (χ3v) is 0.957. The highest BCUT2D eigenvalue weighted by molar-refractivity contribution is 6.18. The number of hydrogen-bond acceptors (Lipinski definition) is 1. The number of carbonyl (C=O) groups excluding carboxylic acids is 1. The Balaban J connectivity index is 3.00. The average Bonchev–Trinajstić information content (AvgIpc) is 1.68. The highest BCUT2D eigenvalue weighted by atomic mass is 35.5. The number of Topliss-reactive ketones (excluding diaryl/α,β-unsaturated/α-hetero) is 1. The van der Waals surface area contributed by atoms with Gasteiger partial charge in [0.25, 0.3) is 0 Å². The maximum atomic E-state index is 10.3. The molecule has 0 radical (unpaired) electrons. The Hall–Kier alpha value is -0.0400. The summed E-state index contributed by atoms with van der Waals surface area (Å²) >= 11 is 5.25. The van der Waals surface area contributed by atoms with E-state index in [1.54, 1.807) is 0 Å². The van der Waals surface area contributed by atoms with E-state index in [0.29, 0.717) is 18.7 Å². The lowest BCUT2D eigenvalue weighted by Gasteiger charge is -1.85. The zero-order valence-corrected chi connectivity index (χ0v) is 5.16. The second kappa shape index (κ2) is 4.13. The van der Waals surface area contributed by atoms with E-state index < -0.39 is 0 Å². The lowest BCUT2D eigenvalue weighted by Crippen LogP contribution is -1.93. The van der Waals surface area contributed by atoms with E-state index in [9.17, 15) is 4.79 Å². The minimum absolute atomic E-state index is 0.245. The zero-order valence-electron chi connectivity index (χ0n) is 4.41. The maximum absolute atomic E-state index is 10.3. The molecule has 0 aliphatic carbocycles. The standard InChI is InChI=1S/C5H9ClO/c1-2-5(7)3-4-6/h2-4H2,1H3. The van der Waals surface area contributed by atoms with Crippen molar-refractivity contribution >= 4 is 17.4 Å². The van der Waals surface area contributed by atoms with Gasteiger partial charge in [-0.05, 0) is 0 Å². The number of carbonyl (C=O) groups is 1. The van der Waals surface area contributed by atoms with Gasteiger partial charge in [0, 0.05) is 18.7 Å². The fraction of sp³-hybridized carbons (Fsp3) is 0.800. The van der Waals surface area contributed by atoms with Crippen LogP contribution < -0.4 is 0 Å². The molecule has 0 aromatic rings. The summed E-state index contributed by atoms with van der Waals surface area (Å²) in [5.74, 6) is 0.710. The van der Waals surface area contributed by atoms with Gasteiger partial charge in [0.1, 0.15) is 5.78 Å². The van der Waals surface area contributed by atoms with E-state index in [2.05, 4.69) is 0 Å². The van der Waals surface area contributed by atoms with Crippen molar-refractivity contribution in [1.82, 2.24) is 0 Å². The molecule has 0 heterocycles. The Bertz CT molecular complexity index is 61.1. The summed E-state index contributed by atoms with van der Waals surface area (Å²) in [5, 5.41) is 0. The highest BCUT2D eigenvalue weighted by Crippen LogP contribution is 1.89. The summed E-state index contributed by atoms with van der Waals surface area (Å²) < 4.78 is 0. The number of hydrogen-bond donors (Lipinski definition) is 0. The first-order valence-corrected chi connectivity index (χ1v) is 2.92. The molecule has 0 fully saturated rings. The van der Waals surface area contributed by atoms with Crippen LogP contribution >= 0.6 is 11.6 Å². The molecule has 0 unspecified atom stereocenters. The molecule has 0 amide bonds. The van der Waals surface area contributed by atoms with Crippen LogP contribution in [0.2, 0.25) is 0 Å². The fourth-order valence-electron chi connectivity index (χ4n) is 0.282. The van der Waals surface area contributed by atoms with Crippen LogP contribution in [-0.4, -0.2) is 11.7 Å². The van der Waals surface area contributed by atoms with Gasteiger partial charge in [-0.3, -0.25) is 4.79 Å². The summed E-state index contributed by atoms with van der Waals surface area (Å²) in [7, 11) is 0. The molecule has 0 aromatic heterocycles. The smallest absolute Gasteiger partial charge is 0.133 e. The number of alkyl halides is 1. The molecule has 0 rings (SSSR count). The second-order valence-electron chi connectivity index (χ2n) is 1.33. The molecule has 0 bridgehead atoms. The Morgan fingerprint density at radius 3 is 2.43 bits per heavy atom. The van der Waals surface area contributed by atoms with Gasteiger partial charge in [0.2, 0.25) is 0 Å². The van der Waals surface area contributed by atoms with Gasteiger partial charge in [-0.1, -0.05) is 6.92 Å². The van der Waals surface area contributed by atoms with Gasteiger partial charge in [0.15, 0.2) is 0 Å². The number of rotatable bonds is 3. The molecule has 7 heavy (non-hydrogen) atoms. The van der Waals surface area contributed by atoms with Gasteiger partial charge in [0.05, 0.1) is 0 Å². The van der Waals surface area contributed by atoms with Crippen molar-refractivity contribution in [1.29, 1.82) is 0 Å². The van der Waals surface area contributed by atoms with Gasteiger partial charge in [-0.15, -0.1) is 11.6 Å². The molecule has 2 heteroatoms. The maximum Gasteiger partial charge on any atom is 0.133 e. The first-order chi connectivity index (χ1) is 3.31. The number of ketones is 1. The van der Waals surface area contributed by atoms with E-state index in [0.717, 1.165) is 0 Å². The third-order valence-electron chi connectivity index (χ3n) is 0.768. The Kier molecular flexibility index (Phi) is 4.10. The van der Waals surface area contributed by atoms with E-state index in [1.807, 2.05) is 6.92 Å². The van der Waals surface area contributed by atoms with Crippen molar-refractivity contribution in [2.75, 3.05) is 5.88 Å². The minimum atomic E-state index is 0.245. The summed E-state index contributed by atoms with van der Waals surface area (Å²) in [6.07, 6.45) is 1.14. The molecule has 0 saturated carbocycles. The van der Waals surface area contributed by atoms with Crippen LogP contribution in [0.3, 0.4) is 0 Å². The van der Waals surface area contributed by atoms with Crippen LogP contribution in [0, 0.1) is 0 Å². The molecule has 0 saturated heterocycles. The molecule has 0 aromatic carbocycles. The Morgan fingerprint density at radius 2 is 2.29 bits per heavy atom. The lowest BCUT2D eigenvalue weighted by atomic mass is 10.2. The molecular weight excluding hydrogens is 112 g/mol. The largest absolute Gasteiger partial charge is 0.300 e. The number of halogens is 1. The van der Waals surface area contributed by atoms with Crippen LogP contribution in [0.1, 0.15) is 19.8 Å². The van der Waals surface area contributed by atoms with Crippen molar-refractivity contribution < 1.29 is 4.79 Å². The minimum Gasteiger partial charge on any atom is -0.300 e. The first kappa shape index (κ1) is 6.96. The molecule has 0 N–H and O–H groups in total. The normalized spacial score (nSPS) is 8.86. The van der Waals surface area contributed by atoms with Crippen LogP contribution in [0.5, 0.6) is 0 Å².